The predicted molar refractivity (Wildman–Crippen MR) is 45.1 cm³/mol. The van der Waals surface area contributed by atoms with Gasteiger partial charge < -0.3 is 0 Å². The molecule has 66 valence electrons. The molecule has 0 saturated carbocycles. The largest absolute Gasteiger partial charge is 0.204 e. The van der Waals surface area contributed by atoms with Crippen molar-refractivity contribution in [3.63, 3.8) is 0 Å². The van der Waals surface area contributed by atoms with E-state index in [1.807, 2.05) is 6.92 Å². The number of benzene rings is 1. The lowest BCUT2D eigenvalue weighted by atomic mass is 10.0. The Morgan fingerprint density at radius 1 is 1.17 bits per heavy atom. The average molecular weight is 170 g/mol. The summed E-state index contributed by atoms with van der Waals surface area (Å²) in [5, 5.41) is 0. The highest BCUT2D eigenvalue weighted by atomic mass is 19.2. The van der Waals surface area contributed by atoms with Crippen LogP contribution in [0.15, 0.2) is 12.1 Å². The van der Waals surface area contributed by atoms with Crippen molar-refractivity contribution in [1.82, 2.24) is 0 Å². The van der Waals surface area contributed by atoms with Crippen LogP contribution in [0.25, 0.3) is 0 Å². The Kier molecular flexibility index (Phi) is 2.79. The Bertz CT molecular complexity index is 279. The Hall–Kier alpha value is -0.920. The third-order valence-electron chi connectivity index (χ3n) is 1.90. The van der Waals surface area contributed by atoms with Crippen LogP contribution in [0.3, 0.4) is 0 Å². The molecule has 0 unspecified atom stereocenters. The topological polar surface area (TPSA) is 0 Å². The van der Waals surface area contributed by atoms with E-state index in [0.29, 0.717) is 0 Å². The van der Waals surface area contributed by atoms with Crippen molar-refractivity contribution in [2.75, 3.05) is 0 Å². The summed E-state index contributed by atoms with van der Waals surface area (Å²) in [4.78, 5) is 0. The van der Waals surface area contributed by atoms with Gasteiger partial charge >= 0.3 is 0 Å². The molecular formula is C10H12F2. The van der Waals surface area contributed by atoms with Crippen molar-refractivity contribution >= 4 is 0 Å². The van der Waals surface area contributed by atoms with Crippen LogP contribution >= 0.6 is 0 Å². The van der Waals surface area contributed by atoms with Gasteiger partial charge in [0.05, 0.1) is 0 Å². The normalized spacial score (nSPS) is 10.3. The molecule has 0 fully saturated rings. The third-order valence-corrected chi connectivity index (χ3v) is 1.90. The zero-order valence-electron chi connectivity index (χ0n) is 7.32. The first-order valence-electron chi connectivity index (χ1n) is 4.09. The van der Waals surface area contributed by atoms with Gasteiger partial charge in [-0.3, -0.25) is 0 Å². The Balaban J connectivity index is 3.05. The maximum atomic E-state index is 12.7. The van der Waals surface area contributed by atoms with Crippen LogP contribution in [0.5, 0.6) is 0 Å². The summed E-state index contributed by atoms with van der Waals surface area (Å²) in [6.45, 7) is 3.81. The molecule has 0 atom stereocenters. The van der Waals surface area contributed by atoms with Crippen LogP contribution in [-0.4, -0.2) is 0 Å². The summed E-state index contributed by atoms with van der Waals surface area (Å²) in [6, 6.07) is 2.54. The van der Waals surface area contributed by atoms with Gasteiger partial charge in [-0.05, 0) is 36.6 Å². The lowest BCUT2D eigenvalue weighted by molar-refractivity contribution is 0.506. The van der Waals surface area contributed by atoms with Gasteiger partial charge in [-0.2, -0.15) is 0 Å². The average Bonchev–Trinajstić information content (AvgIpc) is 2.01. The quantitative estimate of drug-likeness (QED) is 0.639. The number of aryl methyl sites for hydroxylation is 2. The van der Waals surface area contributed by atoms with Crippen molar-refractivity contribution in [2.45, 2.75) is 26.7 Å². The maximum absolute atomic E-state index is 12.7. The predicted octanol–water partition coefficient (Wildman–Crippen LogP) is 3.23. The number of hydrogen-bond acceptors (Lipinski definition) is 0. The van der Waals surface area contributed by atoms with E-state index in [2.05, 4.69) is 0 Å². The molecule has 0 radical (unpaired) electrons. The lowest BCUT2D eigenvalue weighted by Crippen LogP contribution is -1.93. The molecule has 0 aromatic heterocycles. The summed E-state index contributed by atoms with van der Waals surface area (Å²) >= 11 is 0. The van der Waals surface area contributed by atoms with Crippen LogP contribution in [0.4, 0.5) is 8.78 Å². The molecule has 1 aromatic carbocycles. The highest BCUT2D eigenvalue weighted by molar-refractivity contribution is 5.27. The van der Waals surface area contributed by atoms with E-state index in [4.69, 9.17) is 0 Å². The zero-order valence-corrected chi connectivity index (χ0v) is 7.32. The fraction of sp³-hybridized carbons (Fsp3) is 0.400. The van der Waals surface area contributed by atoms with Crippen molar-refractivity contribution < 1.29 is 8.78 Å². The summed E-state index contributed by atoms with van der Waals surface area (Å²) in [5.74, 6) is -1.50. The van der Waals surface area contributed by atoms with Gasteiger partial charge in [-0.25, -0.2) is 8.78 Å². The second kappa shape index (κ2) is 3.65. The first kappa shape index (κ1) is 9.17. The molecule has 0 nitrogen and oxygen atoms in total. The van der Waals surface area contributed by atoms with Crippen molar-refractivity contribution in [3.05, 3.63) is 34.9 Å². The summed E-state index contributed by atoms with van der Waals surface area (Å²) < 4.78 is 25.3. The summed E-state index contributed by atoms with van der Waals surface area (Å²) in [5.41, 5.74) is 1.73. The van der Waals surface area contributed by atoms with Crippen LogP contribution in [0.1, 0.15) is 24.5 Å². The summed E-state index contributed by atoms with van der Waals surface area (Å²) in [7, 11) is 0. The van der Waals surface area contributed by atoms with E-state index in [-0.39, 0.29) is 0 Å². The van der Waals surface area contributed by atoms with E-state index in [0.717, 1.165) is 24.0 Å². The van der Waals surface area contributed by atoms with Crippen LogP contribution in [0.2, 0.25) is 0 Å². The van der Waals surface area contributed by atoms with E-state index in [1.54, 1.807) is 6.92 Å². The number of rotatable bonds is 2. The van der Waals surface area contributed by atoms with Crippen LogP contribution in [-0.2, 0) is 6.42 Å². The molecule has 0 aliphatic rings. The molecule has 0 amide bonds. The molecule has 2 heteroatoms. The Morgan fingerprint density at radius 3 is 2.33 bits per heavy atom. The Labute approximate surface area is 71.2 Å². The van der Waals surface area contributed by atoms with E-state index >= 15 is 0 Å². The molecular weight excluding hydrogens is 158 g/mol. The highest BCUT2D eigenvalue weighted by Crippen LogP contribution is 2.15. The van der Waals surface area contributed by atoms with Gasteiger partial charge in [0.15, 0.2) is 11.6 Å². The molecule has 1 rings (SSSR count). The van der Waals surface area contributed by atoms with Gasteiger partial charge in [-0.1, -0.05) is 13.3 Å². The van der Waals surface area contributed by atoms with Crippen LogP contribution in [0, 0.1) is 18.6 Å². The monoisotopic (exact) mass is 170 g/mol. The molecule has 0 heterocycles. The minimum Gasteiger partial charge on any atom is -0.204 e. The molecule has 0 aliphatic heterocycles. The molecule has 12 heavy (non-hydrogen) atoms. The van der Waals surface area contributed by atoms with Crippen molar-refractivity contribution in [2.24, 2.45) is 0 Å². The molecule has 0 aliphatic carbocycles. The lowest BCUT2D eigenvalue weighted by Gasteiger charge is -2.04. The second-order valence-corrected chi connectivity index (χ2v) is 2.94. The summed E-state index contributed by atoms with van der Waals surface area (Å²) in [6.07, 6.45) is 1.76. The fourth-order valence-corrected chi connectivity index (χ4v) is 1.23. The molecule has 0 N–H and O–H groups in total. The molecule has 1 aromatic rings. The molecule has 0 spiro atoms. The highest BCUT2D eigenvalue weighted by Gasteiger charge is 2.05. The maximum Gasteiger partial charge on any atom is 0.159 e. The molecule has 0 bridgehead atoms. The fourth-order valence-electron chi connectivity index (χ4n) is 1.23. The number of hydrogen-bond donors (Lipinski definition) is 0. The first-order valence-corrected chi connectivity index (χ1v) is 4.09. The third kappa shape index (κ3) is 1.81. The minimum atomic E-state index is -0.757. The Morgan fingerprint density at radius 2 is 1.75 bits per heavy atom. The second-order valence-electron chi connectivity index (χ2n) is 2.94. The van der Waals surface area contributed by atoms with Crippen LogP contribution < -0.4 is 0 Å². The van der Waals surface area contributed by atoms with Gasteiger partial charge in [0.2, 0.25) is 0 Å². The first-order chi connectivity index (χ1) is 5.65. The van der Waals surface area contributed by atoms with E-state index < -0.39 is 11.6 Å². The zero-order chi connectivity index (χ0) is 9.14. The van der Waals surface area contributed by atoms with Gasteiger partial charge in [0, 0.05) is 0 Å². The minimum absolute atomic E-state index is 0.746. The smallest absolute Gasteiger partial charge is 0.159 e. The van der Waals surface area contributed by atoms with Gasteiger partial charge in [0.1, 0.15) is 0 Å². The SMILES string of the molecule is CCCc1cc(F)c(F)cc1C. The van der Waals surface area contributed by atoms with E-state index in [9.17, 15) is 8.78 Å². The molecule has 0 saturated heterocycles. The number of halogens is 2. The van der Waals surface area contributed by atoms with Crippen molar-refractivity contribution in [1.29, 1.82) is 0 Å². The van der Waals surface area contributed by atoms with E-state index in [1.165, 1.54) is 12.1 Å². The van der Waals surface area contributed by atoms with Gasteiger partial charge in [0.25, 0.3) is 0 Å². The standard InChI is InChI=1S/C10H12F2/c1-3-4-8-6-10(12)9(11)5-7(8)2/h5-6H,3-4H2,1-2H3. The van der Waals surface area contributed by atoms with Crippen molar-refractivity contribution in [3.8, 4) is 0 Å². The van der Waals surface area contributed by atoms with Gasteiger partial charge in [-0.15, -0.1) is 0 Å².